The number of phenolic OH excluding ortho intramolecular Hbond substituents is 1. The van der Waals surface area contributed by atoms with E-state index in [0.717, 1.165) is 12.2 Å². The van der Waals surface area contributed by atoms with Gasteiger partial charge in [-0.15, -0.1) is 0 Å². The summed E-state index contributed by atoms with van der Waals surface area (Å²) in [5, 5.41) is 8.95. The van der Waals surface area contributed by atoms with Crippen molar-refractivity contribution < 1.29 is 14.7 Å². The number of phenols is 1. The van der Waals surface area contributed by atoms with Crippen molar-refractivity contribution >= 4 is 11.7 Å². The number of carbonyl (C=O) groups is 2. The van der Waals surface area contributed by atoms with Crippen LogP contribution in [-0.4, -0.2) is 16.8 Å². The molecule has 0 fully saturated rings. The van der Waals surface area contributed by atoms with Gasteiger partial charge >= 0.3 is 0 Å². The molecule has 1 aromatic carbocycles. The number of hydrogen-bond donors (Lipinski definition) is 2. The lowest BCUT2D eigenvalue weighted by Crippen LogP contribution is -2.06. The molecule has 4 nitrogen and oxygen atoms in total. The molecule has 14 heavy (non-hydrogen) atoms. The van der Waals surface area contributed by atoms with Gasteiger partial charge in [-0.1, -0.05) is 0 Å². The van der Waals surface area contributed by atoms with Crippen LogP contribution in [0, 0.1) is 0 Å². The number of amides is 1. The van der Waals surface area contributed by atoms with Gasteiger partial charge in [0.1, 0.15) is 5.75 Å². The van der Waals surface area contributed by atoms with E-state index in [1.807, 2.05) is 0 Å². The maximum atomic E-state index is 11.3. The lowest BCUT2D eigenvalue weighted by atomic mass is 10.1. The van der Waals surface area contributed by atoms with Crippen LogP contribution in [0.4, 0.5) is 0 Å². The second-order valence-corrected chi connectivity index (χ2v) is 2.65. The molecule has 72 valence electrons. The highest BCUT2D eigenvalue weighted by molar-refractivity contribution is 6.07. The van der Waals surface area contributed by atoms with Gasteiger partial charge in [0.2, 0.25) is 5.91 Å². The lowest BCUT2D eigenvalue weighted by molar-refractivity contribution is -0.113. The molecule has 0 spiro atoms. The van der Waals surface area contributed by atoms with Crippen molar-refractivity contribution in [2.24, 2.45) is 5.73 Å². The van der Waals surface area contributed by atoms with Gasteiger partial charge in [-0.25, -0.2) is 0 Å². The van der Waals surface area contributed by atoms with Gasteiger partial charge in [-0.3, -0.25) is 9.59 Å². The van der Waals surface area contributed by atoms with Gasteiger partial charge < -0.3 is 10.8 Å². The van der Waals surface area contributed by atoms with Gasteiger partial charge in [0, 0.05) is 11.6 Å². The summed E-state index contributed by atoms with van der Waals surface area (Å²) in [7, 11) is 0. The van der Waals surface area contributed by atoms with Gasteiger partial charge in [0.05, 0.1) is 0 Å². The van der Waals surface area contributed by atoms with Crippen LogP contribution in [0.25, 0.3) is 0 Å². The van der Waals surface area contributed by atoms with Crippen LogP contribution >= 0.6 is 0 Å². The number of rotatable bonds is 3. The van der Waals surface area contributed by atoms with Crippen molar-refractivity contribution in [3.05, 3.63) is 42.0 Å². The maximum absolute atomic E-state index is 11.3. The highest BCUT2D eigenvalue weighted by Gasteiger charge is 2.01. The molecule has 0 bridgehead atoms. The summed E-state index contributed by atoms with van der Waals surface area (Å²) in [4.78, 5) is 21.6. The zero-order valence-corrected chi connectivity index (χ0v) is 7.31. The lowest BCUT2D eigenvalue weighted by Gasteiger charge is -1.95. The molecule has 3 N–H and O–H groups in total. The number of nitrogens with two attached hydrogens (primary N) is 1. The summed E-state index contributed by atoms with van der Waals surface area (Å²) in [5.41, 5.74) is 5.21. The first-order chi connectivity index (χ1) is 6.59. The molecular weight excluding hydrogens is 182 g/mol. The predicted octanol–water partition coefficient (Wildman–Crippen LogP) is 0.616. The van der Waals surface area contributed by atoms with Gasteiger partial charge in [-0.2, -0.15) is 0 Å². The molecule has 0 aliphatic carbocycles. The van der Waals surface area contributed by atoms with E-state index in [0.29, 0.717) is 5.56 Å². The molecule has 0 radical (unpaired) electrons. The van der Waals surface area contributed by atoms with E-state index in [4.69, 9.17) is 10.8 Å². The first kappa shape index (κ1) is 9.98. The molecule has 0 aliphatic rings. The number of aromatic hydroxyl groups is 1. The average molecular weight is 191 g/mol. The fourth-order valence-electron chi connectivity index (χ4n) is 0.880. The number of ketones is 1. The summed E-state index contributed by atoms with van der Waals surface area (Å²) >= 11 is 0. The maximum Gasteiger partial charge on any atom is 0.241 e. The van der Waals surface area contributed by atoms with Crippen LogP contribution in [0.1, 0.15) is 10.4 Å². The Kier molecular flexibility index (Phi) is 3.01. The summed E-state index contributed by atoms with van der Waals surface area (Å²) < 4.78 is 0. The van der Waals surface area contributed by atoms with Crippen molar-refractivity contribution in [2.45, 2.75) is 0 Å². The molecule has 1 aromatic rings. The Labute approximate surface area is 80.7 Å². The molecule has 1 rings (SSSR count). The zero-order valence-electron chi connectivity index (χ0n) is 7.31. The van der Waals surface area contributed by atoms with Gasteiger partial charge in [0.15, 0.2) is 5.78 Å². The topological polar surface area (TPSA) is 80.4 Å². The highest BCUT2D eigenvalue weighted by Crippen LogP contribution is 2.10. The number of benzene rings is 1. The van der Waals surface area contributed by atoms with E-state index in [1.165, 1.54) is 24.3 Å². The van der Waals surface area contributed by atoms with E-state index in [9.17, 15) is 9.59 Å². The van der Waals surface area contributed by atoms with Crippen molar-refractivity contribution in [3.63, 3.8) is 0 Å². The van der Waals surface area contributed by atoms with Crippen molar-refractivity contribution in [3.8, 4) is 5.75 Å². The number of carbonyl (C=O) groups excluding carboxylic acids is 2. The molecular formula is C10H9NO3. The van der Waals surface area contributed by atoms with Crippen LogP contribution in [-0.2, 0) is 4.79 Å². The van der Waals surface area contributed by atoms with Crippen molar-refractivity contribution in [1.82, 2.24) is 0 Å². The van der Waals surface area contributed by atoms with Gasteiger partial charge in [-0.05, 0) is 30.3 Å². The SMILES string of the molecule is NC(=O)/C=C/C(=O)c1ccc(O)cc1. The third kappa shape index (κ3) is 2.75. The quantitative estimate of drug-likeness (QED) is 0.542. The molecule has 1 amide bonds. The zero-order chi connectivity index (χ0) is 10.6. The summed E-state index contributed by atoms with van der Waals surface area (Å²) in [6, 6.07) is 5.71. The Morgan fingerprint density at radius 1 is 1.14 bits per heavy atom. The first-order valence-corrected chi connectivity index (χ1v) is 3.90. The van der Waals surface area contributed by atoms with E-state index in [-0.39, 0.29) is 11.5 Å². The Morgan fingerprint density at radius 2 is 1.71 bits per heavy atom. The molecule has 4 heteroatoms. The van der Waals surface area contributed by atoms with E-state index < -0.39 is 5.91 Å². The third-order valence-corrected chi connectivity index (χ3v) is 1.55. The third-order valence-electron chi connectivity index (χ3n) is 1.55. The Bertz CT molecular complexity index is 379. The minimum absolute atomic E-state index is 0.0837. The minimum atomic E-state index is -0.669. The van der Waals surface area contributed by atoms with Crippen LogP contribution < -0.4 is 5.73 Å². The van der Waals surface area contributed by atoms with Crippen LogP contribution in [0.3, 0.4) is 0 Å². The van der Waals surface area contributed by atoms with E-state index >= 15 is 0 Å². The summed E-state index contributed by atoms with van der Waals surface area (Å²) in [6.45, 7) is 0. The minimum Gasteiger partial charge on any atom is -0.508 e. The largest absolute Gasteiger partial charge is 0.508 e. The average Bonchev–Trinajstić information content (AvgIpc) is 2.15. The summed E-state index contributed by atoms with van der Waals surface area (Å²) in [6.07, 6.45) is 2.09. The number of allylic oxidation sites excluding steroid dienone is 1. The second kappa shape index (κ2) is 4.23. The molecule has 0 saturated carbocycles. The summed E-state index contributed by atoms with van der Waals surface area (Å²) in [5.74, 6) is -0.915. The fraction of sp³-hybridized carbons (Fsp3) is 0. The predicted molar refractivity (Wildman–Crippen MR) is 50.8 cm³/mol. The van der Waals surface area contributed by atoms with Crippen LogP contribution in [0.15, 0.2) is 36.4 Å². The molecule has 0 atom stereocenters. The second-order valence-electron chi connectivity index (χ2n) is 2.65. The monoisotopic (exact) mass is 191 g/mol. The Hall–Kier alpha value is -2.10. The molecule has 0 aromatic heterocycles. The standard InChI is InChI=1S/C10H9NO3/c11-10(14)6-5-9(13)7-1-3-8(12)4-2-7/h1-6,12H,(H2,11,14)/b6-5+. The van der Waals surface area contributed by atoms with Gasteiger partial charge in [0.25, 0.3) is 0 Å². The van der Waals surface area contributed by atoms with Crippen LogP contribution in [0.5, 0.6) is 5.75 Å². The Balaban J connectivity index is 2.80. The van der Waals surface area contributed by atoms with E-state index in [2.05, 4.69) is 0 Å². The number of primary amides is 1. The van der Waals surface area contributed by atoms with E-state index in [1.54, 1.807) is 0 Å². The normalized spacial score (nSPS) is 10.3. The first-order valence-electron chi connectivity index (χ1n) is 3.90. The van der Waals surface area contributed by atoms with Crippen LogP contribution in [0.2, 0.25) is 0 Å². The fourth-order valence-corrected chi connectivity index (χ4v) is 0.880. The van der Waals surface area contributed by atoms with Crippen molar-refractivity contribution in [1.29, 1.82) is 0 Å². The highest BCUT2D eigenvalue weighted by atomic mass is 16.3. The molecule has 0 heterocycles. The molecule has 0 unspecified atom stereocenters. The molecule has 0 saturated heterocycles. The number of hydrogen-bond acceptors (Lipinski definition) is 3. The Morgan fingerprint density at radius 3 is 2.21 bits per heavy atom. The molecule has 0 aliphatic heterocycles. The smallest absolute Gasteiger partial charge is 0.241 e. The van der Waals surface area contributed by atoms with Crippen molar-refractivity contribution in [2.75, 3.05) is 0 Å².